The summed E-state index contributed by atoms with van der Waals surface area (Å²) in [5.41, 5.74) is 6.44. The summed E-state index contributed by atoms with van der Waals surface area (Å²) in [6, 6.07) is 18.1. The van der Waals surface area contributed by atoms with Gasteiger partial charge in [0.05, 0.1) is 50.3 Å². The number of ether oxygens (including phenoxy) is 6. The number of rotatable bonds is 16. The molecule has 0 spiro atoms. The summed E-state index contributed by atoms with van der Waals surface area (Å²) in [6.45, 7) is 15.5. The highest BCUT2D eigenvalue weighted by Crippen LogP contribution is 2.31. The van der Waals surface area contributed by atoms with Gasteiger partial charge in [0.25, 0.3) is 0 Å². The number of nitrogens with two attached hydrogens (primary N) is 1. The number of benzene rings is 2. The lowest BCUT2D eigenvalue weighted by atomic mass is 9.85. The molecule has 0 aromatic heterocycles. The topological polar surface area (TPSA) is 211 Å². The molecule has 2 heterocycles. The Morgan fingerprint density at radius 2 is 1.05 bits per heavy atom. The van der Waals surface area contributed by atoms with Crippen molar-refractivity contribution in [2.75, 3.05) is 41.5 Å². The van der Waals surface area contributed by atoms with Crippen molar-refractivity contribution in [2.24, 2.45) is 23.5 Å². The fourth-order valence-corrected chi connectivity index (χ4v) is 7.91. The maximum atomic E-state index is 13.2. The van der Waals surface area contributed by atoms with Crippen molar-refractivity contribution in [3.05, 3.63) is 71.8 Å². The van der Waals surface area contributed by atoms with Gasteiger partial charge < -0.3 is 49.1 Å². The average molecular weight is 930 g/mol. The summed E-state index contributed by atoms with van der Waals surface area (Å²) in [7, 11) is 5.72. The smallest absolute Gasteiger partial charge is 0.410 e. The lowest BCUT2D eigenvalue weighted by molar-refractivity contribution is -0.148. The van der Waals surface area contributed by atoms with Gasteiger partial charge in [-0.3, -0.25) is 19.2 Å². The zero-order valence-electron chi connectivity index (χ0n) is 40.6. The minimum atomic E-state index is -0.923. The Morgan fingerprint density at radius 3 is 1.41 bits per heavy atom. The molecule has 0 saturated carbocycles. The molecular weight excluding hydrogens is 851 g/mol. The molecule has 2 fully saturated rings. The van der Waals surface area contributed by atoms with Gasteiger partial charge >= 0.3 is 30.1 Å². The van der Waals surface area contributed by atoms with Crippen molar-refractivity contribution < 1.29 is 62.3 Å². The van der Waals surface area contributed by atoms with Crippen molar-refractivity contribution in [3.8, 4) is 0 Å². The van der Waals surface area contributed by atoms with Gasteiger partial charge in [0, 0.05) is 39.6 Å². The maximum Gasteiger partial charge on any atom is 0.410 e. The number of methoxy groups -OCH3 is 4. The van der Waals surface area contributed by atoms with Crippen LogP contribution in [0.3, 0.4) is 0 Å². The fraction of sp³-hybridized carbons (Fsp3) is 0.640. The summed E-state index contributed by atoms with van der Waals surface area (Å²) in [4.78, 5) is 75.8. The molecular formula is C50H79N3O13. The summed E-state index contributed by atoms with van der Waals surface area (Å²) < 4.78 is 31.5. The molecule has 2 aliphatic heterocycles. The van der Waals surface area contributed by atoms with Crippen LogP contribution in [-0.2, 0) is 60.4 Å². The number of esters is 2. The Hall–Kier alpha value is -5.06. The molecule has 66 heavy (non-hydrogen) atoms. The van der Waals surface area contributed by atoms with E-state index >= 15 is 0 Å². The predicted molar refractivity (Wildman–Crippen MR) is 252 cm³/mol. The van der Waals surface area contributed by atoms with Crippen molar-refractivity contribution >= 4 is 35.9 Å². The number of carboxylic acids is 1. The predicted octanol–water partition coefficient (Wildman–Crippen LogP) is 7.52. The van der Waals surface area contributed by atoms with Crippen LogP contribution in [0, 0.1) is 17.8 Å². The van der Waals surface area contributed by atoms with Crippen LogP contribution in [0.1, 0.15) is 106 Å². The summed E-state index contributed by atoms with van der Waals surface area (Å²) in [6.07, 6.45) is 2.33. The number of hydrogen-bond donors (Lipinski definition) is 2. The molecule has 16 nitrogen and oxygen atoms in total. The minimum Gasteiger partial charge on any atom is -0.481 e. The average Bonchev–Trinajstić information content (AvgIpc) is 3.94. The largest absolute Gasteiger partial charge is 0.481 e. The number of carbonyl (C=O) groups excluding carboxylic acids is 5. The van der Waals surface area contributed by atoms with Gasteiger partial charge in [0.1, 0.15) is 23.0 Å². The SMILES string of the molecule is C.COC(=O)[C@@H](CC(=O)[C@H](C)[C@@H](OC)[C@@H]1CCCN1C(=O)OC(C)(C)C)Cc1ccccc1.COC(=O)[C@@H](N)Cc1ccccc1.CO[C@H]([C@@H](C)C(=O)O)[C@@H]1CCCN1C(=O)OC(C)(C)C. The number of ketones is 1. The van der Waals surface area contributed by atoms with Crippen molar-refractivity contribution in [2.45, 2.75) is 149 Å². The third-order valence-electron chi connectivity index (χ3n) is 11.1. The molecule has 0 bridgehead atoms. The van der Waals surface area contributed by atoms with Crippen LogP contribution >= 0.6 is 0 Å². The first-order chi connectivity index (χ1) is 30.5. The van der Waals surface area contributed by atoms with E-state index in [0.29, 0.717) is 25.9 Å². The van der Waals surface area contributed by atoms with E-state index in [4.69, 9.17) is 34.5 Å². The number of likely N-dealkylation sites (tertiary alicyclic amines) is 2. The summed E-state index contributed by atoms with van der Waals surface area (Å²) >= 11 is 0. The highest BCUT2D eigenvalue weighted by atomic mass is 16.6. The Labute approximate surface area is 393 Å². The van der Waals surface area contributed by atoms with Gasteiger partial charge in [-0.1, -0.05) is 75.0 Å². The van der Waals surface area contributed by atoms with Crippen molar-refractivity contribution in [3.63, 3.8) is 0 Å². The molecule has 4 rings (SSSR count). The van der Waals surface area contributed by atoms with Crippen LogP contribution < -0.4 is 5.73 Å². The minimum absolute atomic E-state index is 0. The second kappa shape index (κ2) is 28.2. The number of Topliss-reactive ketones (excluding diaryl/α,β-unsaturated/α-hetero) is 1. The highest BCUT2D eigenvalue weighted by Gasteiger charge is 2.43. The molecule has 2 aromatic carbocycles. The molecule has 2 amide bonds. The monoisotopic (exact) mass is 930 g/mol. The number of nitrogens with zero attached hydrogens (tertiary/aromatic N) is 2. The van der Waals surface area contributed by atoms with E-state index in [1.165, 1.54) is 21.3 Å². The highest BCUT2D eigenvalue weighted by molar-refractivity contribution is 5.86. The van der Waals surface area contributed by atoms with Gasteiger partial charge in [-0.2, -0.15) is 0 Å². The number of carboxylic acid groups (broad SMARTS) is 1. The third kappa shape index (κ3) is 19.4. The van der Waals surface area contributed by atoms with E-state index < -0.39 is 71.3 Å². The van der Waals surface area contributed by atoms with E-state index in [-0.39, 0.29) is 37.7 Å². The molecule has 2 aromatic rings. The Bertz CT molecular complexity index is 1800. The van der Waals surface area contributed by atoms with E-state index in [1.807, 2.05) is 102 Å². The molecule has 0 radical (unpaired) electrons. The Kier molecular flexibility index (Phi) is 25.2. The molecule has 3 N–H and O–H groups in total. The van der Waals surface area contributed by atoms with E-state index in [0.717, 1.165) is 36.8 Å². The molecule has 2 saturated heterocycles. The molecule has 372 valence electrons. The number of aliphatic carboxylic acids is 1. The van der Waals surface area contributed by atoms with Gasteiger partial charge in [0.15, 0.2) is 0 Å². The van der Waals surface area contributed by atoms with Crippen LogP contribution in [0.5, 0.6) is 0 Å². The Morgan fingerprint density at radius 1 is 0.652 bits per heavy atom. The van der Waals surface area contributed by atoms with Crippen LogP contribution in [-0.4, -0.2) is 134 Å². The van der Waals surface area contributed by atoms with Gasteiger partial charge in [-0.05, 0) is 98.1 Å². The molecule has 0 unspecified atom stereocenters. The number of carbonyl (C=O) groups is 6. The molecule has 2 aliphatic rings. The Balaban J connectivity index is 0.000000545. The lowest BCUT2D eigenvalue weighted by Crippen LogP contribution is -2.49. The van der Waals surface area contributed by atoms with Gasteiger partial charge in [-0.25, -0.2) is 9.59 Å². The van der Waals surface area contributed by atoms with Crippen LogP contribution in [0.2, 0.25) is 0 Å². The molecule has 8 atom stereocenters. The van der Waals surface area contributed by atoms with Crippen molar-refractivity contribution in [1.82, 2.24) is 9.80 Å². The quantitative estimate of drug-likeness (QED) is 0.123. The first kappa shape index (κ1) is 59.0. The van der Waals surface area contributed by atoms with Crippen molar-refractivity contribution in [1.29, 1.82) is 0 Å². The number of hydrogen-bond acceptors (Lipinski definition) is 13. The van der Waals surface area contributed by atoms with Gasteiger partial charge in [-0.15, -0.1) is 0 Å². The molecule has 16 heteroatoms. The molecule has 0 aliphatic carbocycles. The fourth-order valence-electron chi connectivity index (χ4n) is 7.91. The zero-order valence-corrected chi connectivity index (χ0v) is 40.6. The van der Waals surface area contributed by atoms with Crippen LogP contribution in [0.15, 0.2) is 60.7 Å². The van der Waals surface area contributed by atoms with Crippen LogP contribution in [0.4, 0.5) is 9.59 Å². The van der Waals surface area contributed by atoms with Gasteiger partial charge in [0.2, 0.25) is 0 Å². The summed E-state index contributed by atoms with van der Waals surface area (Å²) in [5, 5.41) is 9.14. The van der Waals surface area contributed by atoms with E-state index in [1.54, 1.807) is 30.8 Å². The van der Waals surface area contributed by atoms with Crippen LogP contribution in [0.25, 0.3) is 0 Å². The van der Waals surface area contributed by atoms with E-state index in [2.05, 4.69) is 4.74 Å². The second-order valence-corrected chi connectivity index (χ2v) is 18.5. The maximum absolute atomic E-state index is 13.2. The summed E-state index contributed by atoms with van der Waals surface area (Å²) in [5.74, 6) is -3.51. The number of amides is 2. The second-order valence-electron chi connectivity index (χ2n) is 18.5. The normalized spacial score (nSPS) is 18.5. The first-order valence-corrected chi connectivity index (χ1v) is 22.3. The zero-order chi connectivity index (χ0) is 49.1. The van der Waals surface area contributed by atoms with E-state index in [9.17, 15) is 28.8 Å². The standard InChI is InChI=1S/C25H37NO6.C14H25NO5.C10H13NO2.CH4/c1-17(21(27)16-19(23(28)31-6)15-18-11-8-7-9-12-18)22(30-5)20-13-10-14-26(20)24(29)32-25(2,3)4;1-9(12(16)17)11(19-5)10-7-6-8-15(10)13(18)20-14(2,3)4;1-13-10(12)9(11)7-8-5-3-2-4-6-8;/h7-9,11-12,17,19-20,22H,10,13-16H2,1-6H3;9-11H,6-8H2,1-5H3,(H,16,17);2-6,9H,7,11H2,1H3;1H4/t17-,19+,20-,22+;9-,10+,11-;9-;/m010./s1. The third-order valence-corrected chi connectivity index (χ3v) is 11.1. The first-order valence-electron chi connectivity index (χ1n) is 22.3. The lowest BCUT2D eigenvalue weighted by Gasteiger charge is -2.35.